The Morgan fingerprint density at radius 2 is 2.06 bits per heavy atom. The number of nitrogens with two attached hydrogens (primary N) is 1. The Kier molecular flexibility index (Phi) is 4.60. The first-order valence-corrected chi connectivity index (χ1v) is 7.51. The van der Waals surface area contributed by atoms with Gasteiger partial charge in [0.1, 0.15) is 0 Å². The highest BCUT2D eigenvalue weighted by molar-refractivity contribution is 9.10. The molecule has 0 unspecified atom stereocenters. The molecule has 0 aromatic heterocycles. The van der Waals surface area contributed by atoms with Crippen LogP contribution in [0.15, 0.2) is 27.6 Å². The van der Waals surface area contributed by atoms with Crippen LogP contribution >= 0.6 is 27.5 Å². The van der Waals surface area contributed by atoms with Gasteiger partial charge in [-0.2, -0.15) is 0 Å². The smallest absolute Gasteiger partial charge is 0.240 e. The first-order chi connectivity index (χ1) is 7.62. The molecule has 0 bridgehead atoms. The highest BCUT2D eigenvalue weighted by Crippen LogP contribution is 2.25. The predicted octanol–water partition coefficient (Wildman–Crippen LogP) is 2.12. The van der Waals surface area contributed by atoms with Gasteiger partial charge in [-0.1, -0.05) is 11.6 Å². The number of halogens is 2. The fraction of sp³-hybridized carbons (Fsp3) is 0.400. The maximum absolute atomic E-state index is 11.9. The van der Waals surface area contributed by atoms with Gasteiger partial charge in [0.25, 0.3) is 0 Å². The average molecular weight is 342 g/mol. The number of benzene rings is 1. The molecule has 1 aromatic carbocycles. The molecule has 0 aliphatic heterocycles. The molecule has 1 aromatic rings. The van der Waals surface area contributed by atoms with Gasteiger partial charge in [-0.05, 0) is 48.0 Å². The van der Waals surface area contributed by atoms with Crippen LogP contribution in [0.25, 0.3) is 0 Å². The van der Waals surface area contributed by atoms with Crippen LogP contribution in [0.3, 0.4) is 0 Å². The minimum Gasteiger partial charge on any atom is -0.324 e. The third-order valence-corrected chi connectivity index (χ3v) is 4.53. The molecule has 0 heterocycles. The van der Waals surface area contributed by atoms with Crippen LogP contribution in [0, 0.1) is 0 Å². The van der Waals surface area contributed by atoms with E-state index in [0.717, 1.165) is 0 Å². The van der Waals surface area contributed by atoms with Gasteiger partial charge < -0.3 is 5.73 Å². The lowest BCUT2D eigenvalue weighted by molar-refractivity contribution is 0.498. The molecule has 0 fully saturated rings. The summed E-state index contributed by atoms with van der Waals surface area (Å²) in [5, 5.41) is 0.461. The Labute approximate surface area is 115 Å². The molecule has 0 aliphatic carbocycles. The summed E-state index contributed by atoms with van der Waals surface area (Å²) in [6.07, 6.45) is 0. The fourth-order valence-corrected chi connectivity index (χ4v) is 2.91. The minimum absolute atomic E-state index is 0.151. The third kappa shape index (κ3) is 4.56. The molecule has 0 saturated heterocycles. The summed E-state index contributed by atoms with van der Waals surface area (Å²) < 4.78 is 26.8. The van der Waals surface area contributed by atoms with Crippen molar-refractivity contribution in [2.45, 2.75) is 24.3 Å². The lowest BCUT2D eigenvalue weighted by atomic mass is 10.1. The maximum atomic E-state index is 11.9. The Hall–Kier alpha value is -0.140. The van der Waals surface area contributed by atoms with Crippen LogP contribution in [0.4, 0.5) is 0 Å². The molecular weight excluding hydrogens is 328 g/mol. The topological polar surface area (TPSA) is 72.2 Å². The van der Waals surface area contributed by atoms with E-state index in [-0.39, 0.29) is 11.4 Å². The van der Waals surface area contributed by atoms with Crippen molar-refractivity contribution in [1.29, 1.82) is 0 Å². The first-order valence-electron chi connectivity index (χ1n) is 4.85. The van der Waals surface area contributed by atoms with Crippen molar-refractivity contribution >= 4 is 37.6 Å². The lowest BCUT2D eigenvalue weighted by Gasteiger charge is -2.19. The molecule has 17 heavy (non-hydrogen) atoms. The molecular formula is C10H14BrClN2O2S. The Bertz CT molecular complexity index is 512. The van der Waals surface area contributed by atoms with Gasteiger partial charge in [0.15, 0.2) is 0 Å². The van der Waals surface area contributed by atoms with E-state index in [1.807, 2.05) is 0 Å². The van der Waals surface area contributed by atoms with Crippen LogP contribution in [-0.4, -0.2) is 20.5 Å². The summed E-state index contributed by atoms with van der Waals surface area (Å²) in [4.78, 5) is 0.151. The molecule has 0 spiro atoms. The van der Waals surface area contributed by atoms with Crippen molar-refractivity contribution in [2.24, 2.45) is 5.73 Å². The predicted molar refractivity (Wildman–Crippen MR) is 72.6 cm³/mol. The van der Waals surface area contributed by atoms with Crippen molar-refractivity contribution in [3.63, 3.8) is 0 Å². The quantitative estimate of drug-likeness (QED) is 0.881. The van der Waals surface area contributed by atoms with Crippen LogP contribution in [0.1, 0.15) is 13.8 Å². The summed E-state index contributed by atoms with van der Waals surface area (Å²) in [5.41, 5.74) is 5.12. The van der Waals surface area contributed by atoms with Crippen molar-refractivity contribution < 1.29 is 8.42 Å². The minimum atomic E-state index is -3.55. The first kappa shape index (κ1) is 14.9. The number of nitrogens with one attached hydrogen (secondary N) is 1. The molecule has 96 valence electrons. The molecule has 3 N–H and O–H groups in total. The van der Waals surface area contributed by atoms with Gasteiger partial charge in [0, 0.05) is 16.6 Å². The van der Waals surface area contributed by atoms with Crippen molar-refractivity contribution in [2.75, 3.05) is 6.54 Å². The second kappa shape index (κ2) is 5.24. The number of sulfonamides is 1. The molecule has 0 aliphatic rings. The van der Waals surface area contributed by atoms with E-state index >= 15 is 0 Å². The van der Waals surface area contributed by atoms with Crippen LogP contribution < -0.4 is 10.5 Å². The summed E-state index contributed by atoms with van der Waals surface area (Å²) in [6.45, 7) is 3.65. The van der Waals surface area contributed by atoms with Gasteiger partial charge in [0.05, 0.1) is 9.92 Å². The molecule has 0 amide bonds. The molecule has 4 nitrogen and oxygen atoms in total. The second-order valence-corrected chi connectivity index (χ2v) is 7.42. The Morgan fingerprint density at radius 1 is 1.47 bits per heavy atom. The summed E-state index contributed by atoms with van der Waals surface area (Å²) in [6, 6.07) is 4.42. The van der Waals surface area contributed by atoms with Crippen LogP contribution in [0.2, 0.25) is 5.02 Å². The standard InChI is InChI=1S/C10H14BrClN2O2S/c1-10(2,13)6-14-17(15,16)7-3-4-9(12)8(11)5-7/h3-5,14H,6,13H2,1-2H3. The normalized spacial score (nSPS) is 12.8. The Morgan fingerprint density at radius 3 is 2.53 bits per heavy atom. The maximum Gasteiger partial charge on any atom is 0.240 e. The van der Waals surface area contributed by atoms with Crippen molar-refractivity contribution in [3.05, 3.63) is 27.7 Å². The molecule has 1 rings (SSSR count). The number of rotatable bonds is 4. The van der Waals surface area contributed by atoms with Gasteiger partial charge in [-0.3, -0.25) is 0 Å². The number of hydrogen-bond donors (Lipinski definition) is 2. The Balaban J connectivity index is 2.94. The molecule has 0 atom stereocenters. The van der Waals surface area contributed by atoms with Gasteiger partial charge in [-0.25, -0.2) is 13.1 Å². The molecule has 0 saturated carbocycles. The molecule has 7 heteroatoms. The SMILES string of the molecule is CC(C)(N)CNS(=O)(=O)c1ccc(Cl)c(Br)c1. The van der Waals surface area contributed by atoms with Crippen molar-refractivity contribution in [3.8, 4) is 0 Å². The van der Waals surface area contributed by atoms with Gasteiger partial charge in [0.2, 0.25) is 10.0 Å². The van der Waals surface area contributed by atoms with Gasteiger partial charge in [-0.15, -0.1) is 0 Å². The third-order valence-electron chi connectivity index (χ3n) is 1.92. The lowest BCUT2D eigenvalue weighted by Crippen LogP contribution is -2.45. The van der Waals surface area contributed by atoms with E-state index in [1.165, 1.54) is 18.2 Å². The monoisotopic (exact) mass is 340 g/mol. The summed E-state index contributed by atoms with van der Waals surface area (Å²) in [5.74, 6) is 0. The van der Waals surface area contributed by atoms with E-state index in [0.29, 0.717) is 9.50 Å². The summed E-state index contributed by atoms with van der Waals surface area (Å²) in [7, 11) is -3.55. The van der Waals surface area contributed by atoms with E-state index in [4.69, 9.17) is 17.3 Å². The van der Waals surface area contributed by atoms with Gasteiger partial charge >= 0.3 is 0 Å². The highest BCUT2D eigenvalue weighted by Gasteiger charge is 2.19. The fourth-order valence-electron chi connectivity index (χ4n) is 1.01. The zero-order valence-corrected chi connectivity index (χ0v) is 12.7. The molecule has 0 radical (unpaired) electrons. The largest absolute Gasteiger partial charge is 0.324 e. The summed E-state index contributed by atoms with van der Waals surface area (Å²) >= 11 is 8.98. The number of hydrogen-bond acceptors (Lipinski definition) is 3. The van der Waals surface area contributed by atoms with Crippen LogP contribution in [0.5, 0.6) is 0 Å². The van der Waals surface area contributed by atoms with E-state index < -0.39 is 15.6 Å². The van der Waals surface area contributed by atoms with E-state index in [2.05, 4.69) is 20.7 Å². The average Bonchev–Trinajstić information content (AvgIpc) is 2.18. The van der Waals surface area contributed by atoms with Crippen molar-refractivity contribution in [1.82, 2.24) is 4.72 Å². The van der Waals surface area contributed by atoms with E-state index in [9.17, 15) is 8.42 Å². The zero-order chi connectivity index (χ0) is 13.3. The zero-order valence-electron chi connectivity index (χ0n) is 9.50. The highest BCUT2D eigenvalue weighted by atomic mass is 79.9. The van der Waals surface area contributed by atoms with E-state index in [1.54, 1.807) is 13.8 Å². The van der Waals surface area contributed by atoms with Crippen LogP contribution in [-0.2, 0) is 10.0 Å². The second-order valence-electron chi connectivity index (χ2n) is 4.39.